The van der Waals surface area contributed by atoms with Crippen LogP contribution < -0.4 is 4.72 Å². The summed E-state index contributed by atoms with van der Waals surface area (Å²) in [5, 5.41) is 0. The molecule has 0 atom stereocenters. The third-order valence-corrected chi connectivity index (χ3v) is 3.51. The highest BCUT2D eigenvalue weighted by molar-refractivity contribution is 7.92. The number of anilines is 1. The van der Waals surface area contributed by atoms with Gasteiger partial charge in [0.05, 0.1) is 5.75 Å². The Hall–Kier alpha value is -1.03. The Morgan fingerprint density at radius 3 is 2.53 bits per heavy atom. The van der Waals surface area contributed by atoms with Crippen molar-refractivity contribution in [3.63, 3.8) is 0 Å². The van der Waals surface area contributed by atoms with Gasteiger partial charge in [-0.05, 0) is 30.5 Å². The summed E-state index contributed by atoms with van der Waals surface area (Å²) >= 11 is 0. The maximum Gasteiger partial charge on any atom is 0.232 e. The Kier molecular flexibility index (Phi) is 3.74. The Balaban J connectivity index is 2.92. The molecular weight excluding hydrogens is 210 g/mol. The fourth-order valence-corrected chi connectivity index (χ4v) is 1.84. The third kappa shape index (κ3) is 3.55. The fourth-order valence-electron chi connectivity index (χ4n) is 1.21. The van der Waals surface area contributed by atoms with E-state index < -0.39 is 10.0 Å². The molecule has 0 heterocycles. The van der Waals surface area contributed by atoms with Crippen LogP contribution in [0.25, 0.3) is 0 Å². The Morgan fingerprint density at radius 1 is 1.33 bits per heavy atom. The zero-order valence-electron chi connectivity index (χ0n) is 9.32. The molecule has 3 nitrogen and oxygen atoms in total. The van der Waals surface area contributed by atoms with Crippen molar-refractivity contribution in [3.05, 3.63) is 29.8 Å². The van der Waals surface area contributed by atoms with Crippen LogP contribution in [0, 0.1) is 0 Å². The maximum atomic E-state index is 11.3. The first-order chi connectivity index (χ1) is 6.94. The monoisotopic (exact) mass is 227 g/mol. The van der Waals surface area contributed by atoms with Gasteiger partial charge in [0.15, 0.2) is 0 Å². The zero-order chi connectivity index (χ0) is 11.5. The van der Waals surface area contributed by atoms with Crippen LogP contribution in [0.5, 0.6) is 0 Å². The topological polar surface area (TPSA) is 46.2 Å². The van der Waals surface area contributed by atoms with Gasteiger partial charge in [-0.25, -0.2) is 8.42 Å². The average molecular weight is 227 g/mol. The predicted octanol–water partition coefficient (Wildman–Crippen LogP) is 2.57. The number of hydrogen-bond donors (Lipinski definition) is 1. The van der Waals surface area contributed by atoms with Crippen LogP contribution in [0.3, 0.4) is 0 Å². The number of rotatable bonds is 4. The second-order valence-corrected chi connectivity index (χ2v) is 5.80. The highest BCUT2D eigenvalue weighted by Crippen LogP contribution is 2.19. The van der Waals surface area contributed by atoms with Crippen LogP contribution in [-0.2, 0) is 10.0 Å². The minimum absolute atomic E-state index is 0.0961. The Bertz CT molecular complexity index is 424. The molecule has 0 fully saturated rings. The van der Waals surface area contributed by atoms with E-state index in [0.717, 1.165) is 5.56 Å². The lowest BCUT2D eigenvalue weighted by Crippen LogP contribution is -2.14. The van der Waals surface area contributed by atoms with Crippen LogP contribution in [0.1, 0.15) is 32.3 Å². The van der Waals surface area contributed by atoms with Gasteiger partial charge in [-0.3, -0.25) is 4.72 Å². The first kappa shape index (κ1) is 12.0. The fraction of sp³-hybridized carbons (Fsp3) is 0.455. The molecule has 0 aromatic heterocycles. The normalized spacial score (nSPS) is 11.7. The van der Waals surface area contributed by atoms with Crippen molar-refractivity contribution >= 4 is 15.7 Å². The van der Waals surface area contributed by atoms with Gasteiger partial charge in [0.2, 0.25) is 10.0 Å². The van der Waals surface area contributed by atoms with E-state index in [9.17, 15) is 8.42 Å². The molecule has 4 heteroatoms. The smallest absolute Gasteiger partial charge is 0.232 e. The first-order valence-electron chi connectivity index (χ1n) is 5.05. The van der Waals surface area contributed by atoms with Crippen molar-refractivity contribution in [2.75, 3.05) is 10.5 Å². The molecule has 15 heavy (non-hydrogen) atoms. The summed E-state index contributed by atoms with van der Waals surface area (Å²) in [6.45, 7) is 5.77. The largest absolute Gasteiger partial charge is 0.284 e. The minimum atomic E-state index is -3.17. The van der Waals surface area contributed by atoms with Crippen molar-refractivity contribution in [1.82, 2.24) is 0 Å². The van der Waals surface area contributed by atoms with Crippen molar-refractivity contribution in [1.29, 1.82) is 0 Å². The number of sulfonamides is 1. The van der Waals surface area contributed by atoms with E-state index in [1.165, 1.54) is 0 Å². The van der Waals surface area contributed by atoms with Gasteiger partial charge in [0.1, 0.15) is 0 Å². The Labute approximate surface area is 91.6 Å². The summed E-state index contributed by atoms with van der Waals surface area (Å²) in [4.78, 5) is 0. The molecule has 1 aromatic carbocycles. The molecule has 0 radical (unpaired) electrons. The van der Waals surface area contributed by atoms with E-state index in [-0.39, 0.29) is 5.75 Å². The van der Waals surface area contributed by atoms with Gasteiger partial charge in [-0.15, -0.1) is 0 Å². The predicted molar refractivity (Wildman–Crippen MR) is 63.6 cm³/mol. The van der Waals surface area contributed by atoms with Crippen molar-refractivity contribution in [3.8, 4) is 0 Å². The van der Waals surface area contributed by atoms with Gasteiger partial charge in [-0.1, -0.05) is 26.0 Å². The van der Waals surface area contributed by atoms with Crippen LogP contribution in [0.15, 0.2) is 24.3 Å². The molecule has 1 N–H and O–H groups in total. The second-order valence-electron chi connectivity index (χ2n) is 3.79. The summed E-state index contributed by atoms with van der Waals surface area (Å²) in [5.41, 5.74) is 1.77. The lowest BCUT2D eigenvalue weighted by Gasteiger charge is -2.09. The van der Waals surface area contributed by atoms with E-state index >= 15 is 0 Å². The zero-order valence-corrected chi connectivity index (χ0v) is 10.1. The molecule has 0 bridgehead atoms. The average Bonchev–Trinajstić information content (AvgIpc) is 2.17. The molecular formula is C11H17NO2S. The van der Waals surface area contributed by atoms with Gasteiger partial charge in [-0.2, -0.15) is 0 Å². The van der Waals surface area contributed by atoms with Crippen molar-refractivity contribution in [2.45, 2.75) is 26.7 Å². The van der Waals surface area contributed by atoms with Gasteiger partial charge >= 0.3 is 0 Å². The third-order valence-electron chi connectivity index (χ3n) is 2.21. The number of benzene rings is 1. The molecule has 0 aliphatic carbocycles. The van der Waals surface area contributed by atoms with E-state index in [2.05, 4.69) is 18.6 Å². The number of nitrogens with one attached hydrogen (secondary N) is 1. The minimum Gasteiger partial charge on any atom is -0.284 e. The summed E-state index contributed by atoms with van der Waals surface area (Å²) in [5.74, 6) is 0.495. The van der Waals surface area contributed by atoms with Crippen molar-refractivity contribution in [2.24, 2.45) is 0 Å². The summed E-state index contributed by atoms with van der Waals surface area (Å²) in [6, 6.07) is 7.49. The molecule has 0 amide bonds. The molecule has 0 aliphatic rings. The van der Waals surface area contributed by atoms with Crippen LogP contribution in [0.4, 0.5) is 5.69 Å². The summed E-state index contributed by atoms with van der Waals surface area (Å²) < 4.78 is 25.2. The molecule has 0 saturated carbocycles. The van der Waals surface area contributed by atoms with E-state index in [0.29, 0.717) is 11.6 Å². The molecule has 84 valence electrons. The molecule has 0 aliphatic heterocycles. The quantitative estimate of drug-likeness (QED) is 0.859. The lowest BCUT2D eigenvalue weighted by atomic mass is 10.0. The van der Waals surface area contributed by atoms with Gasteiger partial charge in [0.25, 0.3) is 0 Å². The van der Waals surface area contributed by atoms with Gasteiger partial charge < -0.3 is 0 Å². The summed E-state index contributed by atoms with van der Waals surface area (Å²) in [6.07, 6.45) is 0. The summed E-state index contributed by atoms with van der Waals surface area (Å²) in [7, 11) is -3.17. The highest BCUT2D eigenvalue weighted by Gasteiger charge is 2.07. The Morgan fingerprint density at radius 2 is 2.00 bits per heavy atom. The van der Waals surface area contributed by atoms with E-state index in [4.69, 9.17) is 0 Å². The van der Waals surface area contributed by atoms with E-state index in [1.54, 1.807) is 13.0 Å². The molecule has 1 aromatic rings. The van der Waals surface area contributed by atoms with Crippen LogP contribution in [0.2, 0.25) is 0 Å². The highest BCUT2D eigenvalue weighted by atomic mass is 32.2. The molecule has 0 saturated heterocycles. The second kappa shape index (κ2) is 4.66. The molecule has 1 rings (SSSR count). The first-order valence-corrected chi connectivity index (χ1v) is 6.70. The van der Waals surface area contributed by atoms with E-state index in [1.807, 2.05) is 18.2 Å². The molecule has 0 unspecified atom stereocenters. The lowest BCUT2D eigenvalue weighted by molar-refractivity contribution is 0.602. The maximum absolute atomic E-state index is 11.3. The van der Waals surface area contributed by atoms with Crippen LogP contribution >= 0.6 is 0 Å². The van der Waals surface area contributed by atoms with Gasteiger partial charge in [0, 0.05) is 5.69 Å². The SMILES string of the molecule is CCS(=O)(=O)Nc1cccc(C(C)C)c1. The molecule has 0 spiro atoms. The standard InChI is InChI=1S/C11H17NO2S/c1-4-15(13,14)12-11-7-5-6-10(8-11)9(2)3/h5-9,12H,4H2,1-3H3. The number of hydrogen-bond acceptors (Lipinski definition) is 2. The van der Waals surface area contributed by atoms with Crippen molar-refractivity contribution < 1.29 is 8.42 Å². The van der Waals surface area contributed by atoms with Crippen LogP contribution in [-0.4, -0.2) is 14.2 Å².